The molecule has 4 nitrogen and oxygen atoms in total. The molecule has 0 aromatic heterocycles. The Kier molecular flexibility index (Phi) is 6.29. The molecule has 0 amide bonds. The van der Waals surface area contributed by atoms with E-state index in [0.717, 1.165) is 24.3 Å². The first-order chi connectivity index (χ1) is 9.65. The predicted molar refractivity (Wildman–Crippen MR) is 81.9 cm³/mol. The van der Waals surface area contributed by atoms with Crippen LogP contribution in [0.2, 0.25) is 5.02 Å². The highest BCUT2D eigenvalue weighted by atomic mass is 35.5. The molecule has 112 valence electrons. The molecule has 20 heavy (non-hydrogen) atoms. The van der Waals surface area contributed by atoms with Crippen LogP contribution < -0.4 is 10.1 Å². The summed E-state index contributed by atoms with van der Waals surface area (Å²) in [7, 11) is -0.648. The standard InChI is InChI=1S/C14H20ClNO3S/c15-13-3-1-2-4-14(13)19-10-12(17)9-16-11-5-7-20(18)8-6-11/h1-4,11-12,16-17H,5-10H2. The van der Waals surface area contributed by atoms with Crippen LogP contribution in [0.15, 0.2) is 24.3 Å². The van der Waals surface area contributed by atoms with Crippen LogP contribution in [0.25, 0.3) is 0 Å². The molecule has 1 aliphatic rings. The SMILES string of the molecule is O=S1CCC(NCC(O)COc2ccccc2Cl)CC1. The molecule has 0 spiro atoms. The van der Waals surface area contributed by atoms with Crippen LogP contribution in [0.4, 0.5) is 0 Å². The van der Waals surface area contributed by atoms with Gasteiger partial charge in [-0.15, -0.1) is 0 Å². The van der Waals surface area contributed by atoms with Gasteiger partial charge in [0.25, 0.3) is 0 Å². The normalized spacial score (nSPS) is 24.3. The Bertz CT molecular complexity index is 448. The maximum atomic E-state index is 11.2. The molecular formula is C14H20ClNO3S. The Labute approximate surface area is 126 Å². The fourth-order valence-corrected chi connectivity index (χ4v) is 3.60. The van der Waals surface area contributed by atoms with E-state index < -0.39 is 16.9 Å². The van der Waals surface area contributed by atoms with E-state index in [0.29, 0.717) is 23.4 Å². The molecule has 1 heterocycles. The molecular weight excluding hydrogens is 298 g/mol. The van der Waals surface area contributed by atoms with Crippen molar-refractivity contribution in [3.05, 3.63) is 29.3 Å². The van der Waals surface area contributed by atoms with Crippen LogP contribution in [-0.4, -0.2) is 46.1 Å². The summed E-state index contributed by atoms with van der Waals surface area (Å²) in [6, 6.07) is 7.55. The molecule has 1 fully saturated rings. The first-order valence-corrected chi connectivity index (χ1v) is 8.65. The smallest absolute Gasteiger partial charge is 0.138 e. The third kappa shape index (κ3) is 5.05. The average molecular weight is 318 g/mol. The summed E-state index contributed by atoms with van der Waals surface area (Å²) in [5, 5.41) is 13.7. The number of hydrogen-bond acceptors (Lipinski definition) is 4. The number of aliphatic hydroxyl groups excluding tert-OH is 1. The molecule has 1 unspecified atom stereocenters. The Balaban J connectivity index is 1.67. The van der Waals surface area contributed by atoms with Gasteiger partial charge in [-0.3, -0.25) is 4.21 Å². The van der Waals surface area contributed by atoms with Gasteiger partial charge in [0.05, 0.1) is 5.02 Å². The van der Waals surface area contributed by atoms with Gasteiger partial charge in [0.2, 0.25) is 0 Å². The zero-order valence-electron chi connectivity index (χ0n) is 11.3. The van der Waals surface area contributed by atoms with Crippen LogP contribution >= 0.6 is 11.6 Å². The van der Waals surface area contributed by atoms with Gasteiger partial charge in [-0.1, -0.05) is 23.7 Å². The molecule has 2 rings (SSSR count). The van der Waals surface area contributed by atoms with E-state index in [2.05, 4.69) is 5.32 Å². The molecule has 1 aromatic rings. The number of aliphatic hydroxyl groups is 1. The fraction of sp³-hybridized carbons (Fsp3) is 0.571. The molecule has 2 N–H and O–H groups in total. The number of hydrogen-bond donors (Lipinski definition) is 2. The lowest BCUT2D eigenvalue weighted by Gasteiger charge is -2.24. The molecule has 1 saturated heterocycles. The maximum absolute atomic E-state index is 11.2. The largest absolute Gasteiger partial charge is 0.489 e. The van der Waals surface area contributed by atoms with Gasteiger partial charge in [-0.25, -0.2) is 0 Å². The van der Waals surface area contributed by atoms with Crippen molar-refractivity contribution in [2.75, 3.05) is 24.7 Å². The Morgan fingerprint density at radius 2 is 2.10 bits per heavy atom. The molecule has 0 radical (unpaired) electrons. The van der Waals surface area contributed by atoms with Crippen molar-refractivity contribution in [2.24, 2.45) is 0 Å². The highest BCUT2D eigenvalue weighted by Crippen LogP contribution is 2.23. The van der Waals surface area contributed by atoms with Crippen molar-refractivity contribution in [3.63, 3.8) is 0 Å². The minimum Gasteiger partial charge on any atom is -0.489 e. The molecule has 1 atom stereocenters. The van der Waals surface area contributed by atoms with E-state index in [1.54, 1.807) is 12.1 Å². The second kappa shape index (κ2) is 7.98. The Morgan fingerprint density at radius 1 is 1.40 bits per heavy atom. The minimum absolute atomic E-state index is 0.204. The van der Waals surface area contributed by atoms with Gasteiger partial charge in [-0.2, -0.15) is 0 Å². The number of nitrogens with one attached hydrogen (secondary N) is 1. The van der Waals surface area contributed by atoms with Crippen molar-refractivity contribution in [1.29, 1.82) is 0 Å². The average Bonchev–Trinajstić information content (AvgIpc) is 2.46. The van der Waals surface area contributed by atoms with Gasteiger partial charge in [0.1, 0.15) is 18.5 Å². The number of benzene rings is 1. The van der Waals surface area contributed by atoms with Crippen molar-refractivity contribution in [3.8, 4) is 5.75 Å². The first-order valence-electron chi connectivity index (χ1n) is 6.79. The first kappa shape index (κ1) is 15.8. The van der Waals surface area contributed by atoms with Gasteiger partial charge >= 0.3 is 0 Å². The minimum atomic E-state index is -0.648. The highest BCUT2D eigenvalue weighted by molar-refractivity contribution is 7.85. The van der Waals surface area contributed by atoms with Crippen molar-refractivity contribution in [1.82, 2.24) is 5.32 Å². The van der Waals surface area contributed by atoms with Gasteiger partial charge < -0.3 is 15.2 Å². The second-order valence-electron chi connectivity index (χ2n) is 4.93. The fourth-order valence-electron chi connectivity index (χ4n) is 2.11. The quantitative estimate of drug-likeness (QED) is 0.836. The highest BCUT2D eigenvalue weighted by Gasteiger charge is 2.18. The lowest BCUT2D eigenvalue weighted by atomic mass is 10.1. The van der Waals surface area contributed by atoms with Crippen molar-refractivity contribution < 1.29 is 14.1 Å². The third-order valence-electron chi connectivity index (χ3n) is 3.30. The maximum Gasteiger partial charge on any atom is 0.138 e. The summed E-state index contributed by atoms with van der Waals surface area (Å²) in [4.78, 5) is 0. The van der Waals surface area contributed by atoms with Crippen LogP contribution in [0.3, 0.4) is 0 Å². The van der Waals surface area contributed by atoms with Crippen molar-refractivity contribution >= 4 is 22.4 Å². The van der Waals surface area contributed by atoms with Crippen LogP contribution in [0.5, 0.6) is 5.75 Å². The summed E-state index contributed by atoms with van der Waals surface area (Å²) in [6.07, 6.45) is 1.23. The van der Waals surface area contributed by atoms with Crippen LogP contribution in [0.1, 0.15) is 12.8 Å². The van der Waals surface area contributed by atoms with Crippen molar-refractivity contribution in [2.45, 2.75) is 25.0 Å². The molecule has 6 heteroatoms. The van der Waals surface area contributed by atoms with E-state index in [9.17, 15) is 9.32 Å². The number of para-hydroxylation sites is 1. The van der Waals surface area contributed by atoms with E-state index in [-0.39, 0.29) is 6.61 Å². The summed E-state index contributed by atoms with van der Waals surface area (Å²) < 4.78 is 16.7. The Hall–Kier alpha value is -0.620. The van der Waals surface area contributed by atoms with E-state index in [1.165, 1.54) is 0 Å². The zero-order valence-corrected chi connectivity index (χ0v) is 12.8. The number of halogens is 1. The zero-order chi connectivity index (χ0) is 14.4. The number of ether oxygens (including phenoxy) is 1. The monoisotopic (exact) mass is 317 g/mol. The topological polar surface area (TPSA) is 58.6 Å². The molecule has 0 bridgehead atoms. The van der Waals surface area contributed by atoms with Gasteiger partial charge in [-0.05, 0) is 25.0 Å². The predicted octanol–water partition coefficient (Wildman–Crippen LogP) is 1.58. The Morgan fingerprint density at radius 3 is 2.80 bits per heavy atom. The lowest BCUT2D eigenvalue weighted by molar-refractivity contribution is 0.103. The van der Waals surface area contributed by atoms with Gasteiger partial charge in [0, 0.05) is 34.9 Å². The lowest BCUT2D eigenvalue weighted by Crippen LogP contribution is -2.41. The van der Waals surface area contributed by atoms with E-state index in [1.807, 2.05) is 12.1 Å². The molecule has 1 aromatic carbocycles. The molecule has 0 saturated carbocycles. The summed E-state index contributed by atoms with van der Waals surface area (Å²) in [5.74, 6) is 2.09. The summed E-state index contributed by atoms with van der Waals surface area (Å²) >= 11 is 5.97. The van der Waals surface area contributed by atoms with E-state index in [4.69, 9.17) is 16.3 Å². The van der Waals surface area contributed by atoms with Crippen LogP contribution in [0, 0.1) is 0 Å². The number of rotatable bonds is 6. The van der Waals surface area contributed by atoms with Gasteiger partial charge in [0.15, 0.2) is 0 Å². The van der Waals surface area contributed by atoms with E-state index >= 15 is 0 Å². The second-order valence-corrected chi connectivity index (χ2v) is 7.03. The summed E-state index contributed by atoms with van der Waals surface area (Å²) in [6.45, 7) is 0.678. The third-order valence-corrected chi connectivity index (χ3v) is 4.99. The summed E-state index contributed by atoms with van der Waals surface area (Å²) in [5.41, 5.74) is 0. The molecule has 1 aliphatic heterocycles. The molecule has 0 aliphatic carbocycles. The van der Waals surface area contributed by atoms with Crippen LogP contribution in [-0.2, 0) is 10.8 Å².